The van der Waals surface area contributed by atoms with Gasteiger partial charge in [-0.25, -0.2) is 4.68 Å². The smallest absolute Gasteiger partial charge is 0.355 e. The summed E-state index contributed by atoms with van der Waals surface area (Å²) in [5.41, 5.74) is -1.18. The Morgan fingerprint density at radius 2 is 1.71 bits per heavy atom. The number of amides is 2. The van der Waals surface area contributed by atoms with Crippen LogP contribution in [0.5, 0.6) is 0 Å². The summed E-state index contributed by atoms with van der Waals surface area (Å²) in [5, 5.41) is 8.56. The molecule has 0 aliphatic rings. The van der Waals surface area contributed by atoms with E-state index >= 15 is 0 Å². The zero-order valence-electron chi connectivity index (χ0n) is 14.6. The van der Waals surface area contributed by atoms with Crippen LogP contribution in [-0.2, 0) is 6.18 Å². The lowest BCUT2D eigenvalue weighted by molar-refractivity contribution is -0.143. The second-order valence-electron chi connectivity index (χ2n) is 5.77. The maximum Gasteiger partial charge on any atom is 0.434 e. The predicted molar refractivity (Wildman–Crippen MR) is 96.4 cm³/mol. The van der Waals surface area contributed by atoms with E-state index in [4.69, 9.17) is 0 Å². The van der Waals surface area contributed by atoms with Gasteiger partial charge in [-0.2, -0.15) is 18.3 Å². The van der Waals surface area contributed by atoms with Crippen molar-refractivity contribution in [2.24, 2.45) is 0 Å². The molecule has 0 aliphatic carbocycles. The standard InChI is InChI=1S/C19H15F3N4O2/c1-23-17(27)12-6-5-7-13(10-12)25-18(28)15-11-24-26(16(15)19(20,21)22)14-8-3-2-4-9-14/h2-11H,1H3,(H,23,27)(H,25,28). The molecule has 0 radical (unpaired) electrons. The van der Waals surface area contributed by atoms with Gasteiger partial charge in [-0.15, -0.1) is 0 Å². The maximum atomic E-state index is 13.6. The van der Waals surface area contributed by atoms with Crippen molar-refractivity contribution in [3.63, 3.8) is 0 Å². The molecule has 2 N–H and O–H groups in total. The number of benzene rings is 2. The Kier molecular flexibility index (Phi) is 5.16. The first-order valence-electron chi connectivity index (χ1n) is 8.15. The summed E-state index contributed by atoms with van der Waals surface area (Å²) >= 11 is 0. The van der Waals surface area contributed by atoms with Crippen LogP contribution in [0.15, 0.2) is 60.8 Å². The fraction of sp³-hybridized carbons (Fsp3) is 0.105. The number of rotatable bonds is 4. The third-order valence-electron chi connectivity index (χ3n) is 3.89. The summed E-state index contributed by atoms with van der Waals surface area (Å²) in [5.74, 6) is -1.37. The Morgan fingerprint density at radius 3 is 2.36 bits per heavy atom. The van der Waals surface area contributed by atoms with Crippen LogP contribution >= 0.6 is 0 Å². The maximum absolute atomic E-state index is 13.6. The van der Waals surface area contributed by atoms with Gasteiger partial charge < -0.3 is 10.6 Å². The molecule has 3 rings (SSSR count). The number of nitrogens with one attached hydrogen (secondary N) is 2. The number of anilines is 1. The molecule has 28 heavy (non-hydrogen) atoms. The molecule has 0 bridgehead atoms. The molecular formula is C19H15F3N4O2. The van der Waals surface area contributed by atoms with Gasteiger partial charge in [0.15, 0.2) is 5.69 Å². The third kappa shape index (κ3) is 3.88. The number of alkyl halides is 3. The Bertz CT molecular complexity index is 1010. The number of para-hydroxylation sites is 1. The number of hydrogen-bond donors (Lipinski definition) is 2. The van der Waals surface area contributed by atoms with Gasteiger partial charge in [0.1, 0.15) is 0 Å². The van der Waals surface area contributed by atoms with Crippen LogP contribution in [-0.4, -0.2) is 28.6 Å². The molecule has 1 aromatic heterocycles. The summed E-state index contributed by atoms with van der Waals surface area (Å²) < 4.78 is 41.6. The molecular weight excluding hydrogens is 373 g/mol. The summed E-state index contributed by atoms with van der Waals surface area (Å²) in [6.45, 7) is 0. The SMILES string of the molecule is CNC(=O)c1cccc(NC(=O)c2cnn(-c3ccccc3)c2C(F)(F)F)c1. The van der Waals surface area contributed by atoms with E-state index in [1.807, 2.05) is 0 Å². The lowest BCUT2D eigenvalue weighted by Gasteiger charge is -2.13. The van der Waals surface area contributed by atoms with Crippen LogP contribution in [0, 0.1) is 0 Å². The first-order chi connectivity index (χ1) is 13.3. The van der Waals surface area contributed by atoms with Gasteiger partial charge in [-0.05, 0) is 30.3 Å². The molecule has 0 aliphatic heterocycles. The predicted octanol–water partition coefficient (Wildman–Crippen LogP) is 3.50. The molecule has 2 amide bonds. The summed E-state index contributed by atoms with van der Waals surface area (Å²) in [7, 11) is 1.45. The average Bonchev–Trinajstić information content (AvgIpc) is 3.14. The highest BCUT2D eigenvalue weighted by Crippen LogP contribution is 2.34. The zero-order chi connectivity index (χ0) is 20.3. The first-order valence-corrected chi connectivity index (χ1v) is 8.15. The topological polar surface area (TPSA) is 76.0 Å². The van der Waals surface area contributed by atoms with Crippen LogP contribution in [0.1, 0.15) is 26.4 Å². The Morgan fingerprint density at radius 1 is 1.00 bits per heavy atom. The summed E-state index contributed by atoms with van der Waals surface area (Å²) in [6, 6.07) is 13.6. The van der Waals surface area contributed by atoms with Crippen molar-refractivity contribution in [1.29, 1.82) is 0 Å². The Hall–Kier alpha value is -3.62. The quantitative estimate of drug-likeness (QED) is 0.718. The number of carbonyl (C=O) groups excluding carboxylic acids is 2. The van der Waals surface area contributed by atoms with Crippen molar-refractivity contribution >= 4 is 17.5 Å². The lowest BCUT2D eigenvalue weighted by atomic mass is 10.1. The highest BCUT2D eigenvalue weighted by molar-refractivity contribution is 6.06. The van der Waals surface area contributed by atoms with Gasteiger partial charge in [0.05, 0.1) is 17.4 Å². The largest absolute Gasteiger partial charge is 0.434 e. The monoisotopic (exact) mass is 388 g/mol. The normalized spacial score (nSPS) is 11.1. The molecule has 0 saturated carbocycles. The second kappa shape index (κ2) is 7.55. The lowest BCUT2D eigenvalue weighted by Crippen LogP contribution is -2.21. The van der Waals surface area contributed by atoms with E-state index in [2.05, 4.69) is 15.7 Å². The summed E-state index contributed by atoms with van der Waals surface area (Å²) in [6.07, 6.45) is -3.93. The van der Waals surface area contributed by atoms with E-state index in [0.717, 1.165) is 6.20 Å². The fourth-order valence-corrected chi connectivity index (χ4v) is 2.63. The van der Waals surface area contributed by atoms with Crippen LogP contribution < -0.4 is 10.6 Å². The molecule has 144 valence electrons. The molecule has 0 atom stereocenters. The first kappa shape index (κ1) is 19.2. The molecule has 6 nitrogen and oxygen atoms in total. The van der Waals surface area contributed by atoms with Crippen molar-refractivity contribution in [3.8, 4) is 5.69 Å². The van der Waals surface area contributed by atoms with Crippen molar-refractivity contribution in [1.82, 2.24) is 15.1 Å². The van der Waals surface area contributed by atoms with Crippen LogP contribution in [0.4, 0.5) is 18.9 Å². The van der Waals surface area contributed by atoms with Gasteiger partial charge >= 0.3 is 6.18 Å². The van der Waals surface area contributed by atoms with Crippen molar-refractivity contribution < 1.29 is 22.8 Å². The third-order valence-corrected chi connectivity index (χ3v) is 3.89. The number of nitrogens with zero attached hydrogens (tertiary/aromatic N) is 2. The average molecular weight is 388 g/mol. The highest BCUT2D eigenvalue weighted by atomic mass is 19.4. The van der Waals surface area contributed by atoms with Gasteiger partial charge in [0.2, 0.25) is 0 Å². The molecule has 0 unspecified atom stereocenters. The number of aromatic nitrogens is 2. The van der Waals surface area contributed by atoms with Gasteiger partial charge in [0.25, 0.3) is 11.8 Å². The van der Waals surface area contributed by atoms with Crippen LogP contribution in [0.25, 0.3) is 5.69 Å². The summed E-state index contributed by atoms with van der Waals surface area (Å²) in [4.78, 5) is 24.2. The molecule has 9 heteroatoms. The number of hydrogen-bond acceptors (Lipinski definition) is 3. The van der Waals surface area contributed by atoms with E-state index in [1.165, 1.54) is 43.4 Å². The van der Waals surface area contributed by atoms with E-state index in [-0.39, 0.29) is 22.8 Å². The van der Waals surface area contributed by atoms with Crippen molar-refractivity contribution in [3.05, 3.63) is 77.6 Å². The highest BCUT2D eigenvalue weighted by Gasteiger charge is 2.40. The van der Waals surface area contributed by atoms with E-state index in [9.17, 15) is 22.8 Å². The van der Waals surface area contributed by atoms with Crippen LogP contribution in [0.3, 0.4) is 0 Å². The zero-order valence-corrected chi connectivity index (χ0v) is 14.6. The molecule has 0 fully saturated rings. The minimum atomic E-state index is -4.80. The fourth-order valence-electron chi connectivity index (χ4n) is 2.63. The van der Waals surface area contributed by atoms with E-state index < -0.39 is 23.3 Å². The molecule has 3 aromatic rings. The Balaban J connectivity index is 1.97. The van der Waals surface area contributed by atoms with Gasteiger partial charge in [-0.1, -0.05) is 24.3 Å². The number of carbonyl (C=O) groups is 2. The van der Waals surface area contributed by atoms with Crippen LogP contribution in [0.2, 0.25) is 0 Å². The Labute approximate surface area is 158 Å². The molecule has 0 saturated heterocycles. The molecule has 2 aromatic carbocycles. The second-order valence-corrected chi connectivity index (χ2v) is 5.77. The van der Waals surface area contributed by atoms with E-state index in [0.29, 0.717) is 4.68 Å². The minimum Gasteiger partial charge on any atom is -0.355 e. The van der Waals surface area contributed by atoms with Gasteiger partial charge in [-0.3, -0.25) is 9.59 Å². The minimum absolute atomic E-state index is 0.176. The van der Waals surface area contributed by atoms with Crippen molar-refractivity contribution in [2.75, 3.05) is 12.4 Å². The van der Waals surface area contributed by atoms with Gasteiger partial charge in [0, 0.05) is 18.3 Å². The number of halogens is 3. The molecule has 1 heterocycles. The van der Waals surface area contributed by atoms with Crippen molar-refractivity contribution in [2.45, 2.75) is 6.18 Å². The molecule has 0 spiro atoms. The van der Waals surface area contributed by atoms with E-state index in [1.54, 1.807) is 18.2 Å².